The van der Waals surface area contributed by atoms with Crippen molar-refractivity contribution in [3.05, 3.63) is 42.3 Å². The van der Waals surface area contributed by atoms with Crippen LogP contribution in [0.15, 0.2) is 41.1 Å². The smallest absolute Gasteiger partial charge is 0.200 e. The van der Waals surface area contributed by atoms with Gasteiger partial charge in [-0.25, -0.2) is 4.98 Å². The molecule has 0 saturated heterocycles. The molecule has 0 aliphatic rings. The number of nitrogens with two attached hydrogens (primary N) is 1. The summed E-state index contributed by atoms with van der Waals surface area (Å²) in [5.41, 5.74) is 6.64. The van der Waals surface area contributed by atoms with Gasteiger partial charge < -0.3 is 10.2 Å². The van der Waals surface area contributed by atoms with Crippen molar-refractivity contribution in [3.8, 4) is 0 Å². The largest absolute Gasteiger partial charge is 0.448 e. The lowest BCUT2D eigenvalue weighted by Gasteiger charge is -2.17. The first-order chi connectivity index (χ1) is 7.33. The van der Waals surface area contributed by atoms with Gasteiger partial charge in [0.25, 0.3) is 0 Å². The van der Waals surface area contributed by atoms with Gasteiger partial charge in [-0.05, 0) is 12.1 Å². The molecular weight excluding hydrogens is 190 g/mol. The summed E-state index contributed by atoms with van der Waals surface area (Å²) >= 11 is 0. The molecule has 0 bridgehead atoms. The fraction of sp³-hybridized carbons (Fsp3) is 0.182. The topological polar surface area (TPSA) is 55.3 Å². The van der Waals surface area contributed by atoms with Crippen molar-refractivity contribution in [2.24, 2.45) is 5.73 Å². The molecule has 0 saturated carbocycles. The molecule has 2 N–H and O–H groups in total. The highest BCUT2D eigenvalue weighted by Gasteiger charge is 2.10. The quantitative estimate of drug-likeness (QED) is 0.827. The van der Waals surface area contributed by atoms with E-state index in [1.807, 2.05) is 36.2 Å². The Morgan fingerprint density at radius 2 is 2.27 bits per heavy atom. The monoisotopic (exact) mass is 203 g/mol. The maximum absolute atomic E-state index is 5.64. The van der Waals surface area contributed by atoms with E-state index in [0.717, 1.165) is 17.3 Å². The summed E-state index contributed by atoms with van der Waals surface area (Å²) in [6.07, 6.45) is 3.38. The molecule has 78 valence electrons. The highest BCUT2D eigenvalue weighted by molar-refractivity contribution is 5.57. The minimum absolute atomic E-state index is 0.466. The molecule has 0 fully saturated rings. The van der Waals surface area contributed by atoms with E-state index in [1.54, 1.807) is 12.5 Å². The Morgan fingerprint density at radius 1 is 1.40 bits per heavy atom. The molecule has 0 atom stereocenters. The highest BCUT2D eigenvalue weighted by Crippen LogP contribution is 2.24. The fourth-order valence-electron chi connectivity index (χ4n) is 1.46. The van der Waals surface area contributed by atoms with Crippen molar-refractivity contribution in [2.45, 2.75) is 6.54 Å². The predicted octanol–water partition coefficient (Wildman–Crippen LogP) is 1.90. The van der Waals surface area contributed by atoms with Crippen LogP contribution in [0.5, 0.6) is 0 Å². The summed E-state index contributed by atoms with van der Waals surface area (Å²) in [6, 6.07) is 7.56. The SMILES string of the molecule is CN(c1ccco1)c1ncccc1CN. The maximum Gasteiger partial charge on any atom is 0.200 e. The zero-order chi connectivity index (χ0) is 10.7. The number of hydrogen-bond donors (Lipinski definition) is 1. The minimum atomic E-state index is 0.466. The zero-order valence-corrected chi connectivity index (χ0v) is 8.55. The zero-order valence-electron chi connectivity index (χ0n) is 8.55. The van der Waals surface area contributed by atoms with Gasteiger partial charge in [-0.1, -0.05) is 6.07 Å². The van der Waals surface area contributed by atoms with E-state index in [0.29, 0.717) is 6.54 Å². The summed E-state index contributed by atoms with van der Waals surface area (Å²) in [5, 5.41) is 0. The van der Waals surface area contributed by atoms with Crippen LogP contribution in [0.2, 0.25) is 0 Å². The van der Waals surface area contributed by atoms with Gasteiger partial charge >= 0.3 is 0 Å². The van der Waals surface area contributed by atoms with Gasteiger partial charge in [-0.15, -0.1) is 0 Å². The van der Waals surface area contributed by atoms with Crippen LogP contribution in [0.3, 0.4) is 0 Å². The maximum atomic E-state index is 5.64. The van der Waals surface area contributed by atoms with Gasteiger partial charge in [0.15, 0.2) is 0 Å². The van der Waals surface area contributed by atoms with Crippen molar-refractivity contribution in [2.75, 3.05) is 11.9 Å². The Labute approximate surface area is 88.3 Å². The molecule has 4 heteroatoms. The lowest BCUT2D eigenvalue weighted by Crippen LogP contribution is -2.14. The van der Waals surface area contributed by atoms with Crippen molar-refractivity contribution in [3.63, 3.8) is 0 Å². The van der Waals surface area contributed by atoms with Gasteiger partial charge in [-0.3, -0.25) is 4.90 Å². The van der Waals surface area contributed by atoms with Gasteiger partial charge in [0, 0.05) is 31.4 Å². The number of nitrogens with zero attached hydrogens (tertiary/aromatic N) is 2. The number of furan rings is 1. The van der Waals surface area contributed by atoms with E-state index < -0.39 is 0 Å². The molecule has 0 amide bonds. The number of pyridine rings is 1. The van der Waals surface area contributed by atoms with Gasteiger partial charge in [0.1, 0.15) is 5.82 Å². The van der Waals surface area contributed by atoms with E-state index in [9.17, 15) is 0 Å². The first-order valence-corrected chi connectivity index (χ1v) is 4.74. The van der Waals surface area contributed by atoms with Crippen molar-refractivity contribution < 1.29 is 4.42 Å². The third-order valence-electron chi connectivity index (χ3n) is 2.24. The second-order valence-corrected chi connectivity index (χ2v) is 3.20. The minimum Gasteiger partial charge on any atom is -0.448 e. The molecule has 0 radical (unpaired) electrons. The number of rotatable bonds is 3. The Bertz CT molecular complexity index is 425. The van der Waals surface area contributed by atoms with Crippen LogP contribution in [0.25, 0.3) is 0 Å². The standard InChI is InChI=1S/C11H13N3O/c1-14(10-5-3-7-15-10)11-9(8-12)4-2-6-13-11/h2-7H,8,12H2,1H3. The molecule has 2 rings (SSSR count). The number of hydrogen-bond acceptors (Lipinski definition) is 4. The average molecular weight is 203 g/mol. The number of aromatic nitrogens is 1. The first-order valence-electron chi connectivity index (χ1n) is 4.74. The van der Waals surface area contributed by atoms with Crippen molar-refractivity contribution >= 4 is 11.7 Å². The van der Waals surface area contributed by atoms with E-state index in [2.05, 4.69) is 4.98 Å². The Morgan fingerprint density at radius 3 is 2.93 bits per heavy atom. The summed E-state index contributed by atoms with van der Waals surface area (Å²) in [4.78, 5) is 6.17. The van der Waals surface area contributed by atoms with Crippen molar-refractivity contribution in [1.82, 2.24) is 4.98 Å². The normalized spacial score (nSPS) is 10.3. The van der Waals surface area contributed by atoms with Crippen LogP contribution < -0.4 is 10.6 Å². The summed E-state index contributed by atoms with van der Waals surface area (Å²) in [6.45, 7) is 0.466. The second-order valence-electron chi connectivity index (χ2n) is 3.20. The summed E-state index contributed by atoms with van der Waals surface area (Å²) in [5.74, 6) is 1.58. The fourth-order valence-corrected chi connectivity index (χ4v) is 1.46. The van der Waals surface area contributed by atoms with E-state index in [-0.39, 0.29) is 0 Å². The summed E-state index contributed by atoms with van der Waals surface area (Å²) < 4.78 is 5.29. The lowest BCUT2D eigenvalue weighted by molar-refractivity contribution is 0.568. The van der Waals surface area contributed by atoms with E-state index in [4.69, 9.17) is 10.2 Å². The third kappa shape index (κ3) is 1.85. The number of anilines is 2. The Hall–Kier alpha value is -1.81. The molecule has 2 heterocycles. The molecule has 0 unspecified atom stereocenters. The molecule has 0 aliphatic carbocycles. The molecular formula is C11H13N3O. The van der Waals surface area contributed by atoms with Gasteiger partial charge in [0.2, 0.25) is 5.88 Å². The molecule has 0 spiro atoms. The van der Waals surface area contributed by atoms with Crippen LogP contribution in [0.1, 0.15) is 5.56 Å². The molecule has 15 heavy (non-hydrogen) atoms. The van der Waals surface area contributed by atoms with Crippen LogP contribution in [0.4, 0.5) is 11.7 Å². The van der Waals surface area contributed by atoms with E-state index in [1.165, 1.54) is 0 Å². The van der Waals surface area contributed by atoms with E-state index >= 15 is 0 Å². The molecule has 0 aliphatic heterocycles. The van der Waals surface area contributed by atoms with Gasteiger partial charge in [0.05, 0.1) is 6.26 Å². The molecule has 4 nitrogen and oxygen atoms in total. The molecule has 0 aromatic carbocycles. The van der Waals surface area contributed by atoms with Crippen LogP contribution in [-0.4, -0.2) is 12.0 Å². The average Bonchev–Trinajstić information content (AvgIpc) is 2.81. The highest BCUT2D eigenvalue weighted by atomic mass is 16.3. The lowest BCUT2D eigenvalue weighted by atomic mass is 10.2. The summed E-state index contributed by atoms with van der Waals surface area (Å²) in [7, 11) is 1.90. The Kier molecular flexibility index (Phi) is 2.69. The first kappa shape index (κ1) is 9.73. The van der Waals surface area contributed by atoms with Crippen LogP contribution in [0, 0.1) is 0 Å². The van der Waals surface area contributed by atoms with Crippen molar-refractivity contribution in [1.29, 1.82) is 0 Å². The molecule has 2 aromatic heterocycles. The predicted molar refractivity (Wildman–Crippen MR) is 58.9 cm³/mol. The molecule has 2 aromatic rings. The second kappa shape index (κ2) is 4.14. The third-order valence-corrected chi connectivity index (χ3v) is 2.24. The van der Waals surface area contributed by atoms with Crippen LogP contribution >= 0.6 is 0 Å². The van der Waals surface area contributed by atoms with Gasteiger partial charge in [-0.2, -0.15) is 0 Å². The Balaban J connectivity index is 2.37. The van der Waals surface area contributed by atoms with Crippen LogP contribution in [-0.2, 0) is 6.54 Å².